The summed E-state index contributed by atoms with van der Waals surface area (Å²) in [6, 6.07) is 10.4. The Morgan fingerprint density at radius 3 is 2.35 bits per heavy atom. The fourth-order valence-electron chi connectivity index (χ4n) is 4.33. The number of nitrogens with zero attached hydrogens (tertiary/aromatic N) is 1. The number of nitrogens with one attached hydrogen (secondary N) is 1. The van der Waals surface area contributed by atoms with Gasteiger partial charge in [0.25, 0.3) is 5.91 Å². The maximum absolute atomic E-state index is 12.5. The minimum atomic E-state index is -0.480. The third-order valence-electron chi connectivity index (χ3n) is 6.28. The van der Waals surface area contributed by atoms with Crippen LogP contribution in [0.1, 0.15) is 58.1 Å². The summed E-state index contributed by atoms with van der Waals surface area (Å²) in [6.45, 7) is 15.2. The van der Waals surface area contributed by atoms with E-state index in [4.69, 9.17) is 4.74 Å². The highest BCUT2D eigenvalue weighted by Gasteiger charge is 2.32. The SMILES string of the molecule is Cc1cc(C)cc(C(=O)NCC2CN(C(C)c3ccc(OC[C@@H](C)O)c(C)c3C)C2)c1. The standard InChI is InChI=1S/C26H36N2O3/c1-16-9-17(2)11-23(10-16)26(30)27-12-22-13-28(14-22)21(6)24-7-8-25(20(5)19(24)4)31-15-18(3)29/h7-11,18,21-22,29H,12-15H2,1-6H3,(H,27,30)/t18-,21?/m1/s1. The first-order chi connectivity index (χ1) is 14.7. The second-order valence-corrected chi connectivity index (χ2v) is 9.15. The molecule has 2 atom stereocenters. The quantitative estimate of drug-likeness (QED) is 0.670. The van der Waals surface area contributed by atoms with Crippen LogP contribution in [0.4, 0.5) is 0 Å². The molecular formula is C26H36N2O3. The molecule has 0 spiro atoms. The number of amides is 1. The number of carbonyl (C=O) groups is 1. The smallest absolute Gasteiger partial charge is 0.251 e. The maximum Gasteiger partial charge on any atom is 0.251 e. The fraction of sp³-hybridized carbons (Fsp3) is 0.500. The molecule has 0 radical (unpaired) electrons. The molecule has 31 heavy (non-hydrogen) atoms. The second kappa shape index (κ2) is 9.84. The lowest BCUT2D eigenvalue weighted by Crippen LogP contribution is -2.52. The number of carbonyl (C=O) groups excluding carboxylic acids is 1. The van der Waals surface area contributed by atoms with Crippen molar-refractivity contribution in [1.29, 1.82) is 0 Å². The molecule has 0 aromatic heterocycles. The van der Waals surface area contributed by atoms with Crippen LogP contribution in [-0.4, -0.2) is 48.3 Å². The number of benzene rings is 2. The van der Waals surface area contributed by atoms with Gasteiger partial charge in [0.05, 0.1) is 6.10 Å². The number of likely N-dealkylation sites (tertiary alicyclic amines) is 1. The third-order valence-corrected chi connectivity index (χ3v) is 6.28. The lowest BCUT2D eigenvalue weighted by Gasteiger charge is -2.44. The van der Waals surface area contributed by atoms with Crippen LogP contribution in [0.25, 0.3) is 0 Å². The van der Waals surface area contributed by atoms with Crippen LogP contribution >= 0.6 is 0 Å². The van der Waals surface area contributed by atoms with Crippen molar-refractivity contribution in [1.82, 2.24) is 10.2 Å². The normalized spacial score (nSPS) is 16.5. The molecule has 5 heteroatoms. The third kappa shape index (κ3) is 5.66. The minimum absolute atomic E-state index is 0.0116. The molecule has 1 aliphatic rings. The van der Waals surface area contributed by atoms with Crippen molar-refractivity contribution < 1.29 is 14.6 Å². The molecule has 1 unspecified atom stereocenters. The van der Waals surface area contributed by atoms with Crippen LogP contribution in [0.3, 0.4) is 0 Å². The van der Waals surface area contributed by atoms with Crippen LogP contribution < -0.4 is 10.1 Å². The van der Waals surface area contributed by atoms with Crippen molar-refractivity contribution in [2.24, 2.45) is 5.92 Å². The van der Waals surface area contributed by atoms with E-state index in [1.54, 1.807) is 6.92 Å². The average molecular weight is 425 g/mol. The highest BCUT2D eigenvalue weighted by atomic mass is 16.5. The zero-order valence-corrected chi connectivity index (χ0v) is 19.7. The Hall–Kier alpha value is -2.37. The second-order valence-electron chi connectivity index (χ2n) is 9.15. The molecular weight excluding hydrogens is 388 g/mol. The molecule has 0 aliphatic carbocycles. The Morgan fingerprint density at radius 2 is 1.74 bits per heavy atom. The fourth-order valence-corrected chi connectivity index (χ4v) is 4.33. The Balaban J connectivity index is 1.52. The molecule has 3 rings (SSSR count). The molecule has 5 nitrogen and oxygen atoms in total. The van der Waals surface area contributed by atoms with Crippen molar-refractivity contribution >= 4 is 5.91 Å². The first-order valence-corrected chi connectivity index (χ1v) is 11.2. The van der Waals surface area contributed by atoms with E-state index in [1.807, 2.05) is 32.0 Å². The predicted octanol–water partition coefficient (Wildman–Crippen LogP) is 4.10. The van der Waals surface area contributed by atoms with Crippen molar-refractivity contribution in [3.05, 3.63) is 63.7 Å². The number of aryl methyl sites for hydroxylation is 2. The van der Waals surface area contributed by atoms with Crippen LogP contribution in [0.15, 0.2) is 30.3 Å². The first kappa shape index (κ1) is 23.3. The van der Waals surface area contributed by atoms with Crippen LogP contribution in [0.5, 0.6) is 5.75 Å². The summed E-state index contributed by atoms with van der Waals surface area (Å²) in [5.41, 5.74) is 6.64. The molecule has 2 aromatic carbocycles. The first-order valence-electron chi connectivity index (χ1n) is 11.2. The van der Waals surface area contributed by atoms with E-state index in [0.29, 0.717) is 25.1 Å². The molecule has 1 heterocycles. The topological polar surface area (TPSA) is 61.8 Å². The number of hydrogen-bond acceptors (Lipinski definition) is 4. The lowest BCUT2D eigenvalue weighted by atomic mass is 9.91. The van der Waals surface area contributed by atoms with Crippen molar-refractivity contribution in [3.8, 4) is 5.75 Å². The number of aliphatic hydroxyl groups is 1. The maximum atomic E-state index is 12.5. The predicted molar refractivity (Wildman–Crippen MR) is 125 cm³/mol. The zero-order valence-electron chi connectivity index (χ0n) is 19.7. The summed E-state index contributed by atoms with van der Waals surface area (Å²) >= 11 is 0. The van der Waals surface area contributed by atoms with Gasteiger partial charge in [-0.1, -0.05) is 23.3 Å². The van der Waals surface area contributed by atoms with E-state index in [-0.39, 0.29) is 5.91 Å². The van der Waals surface area contributed by atoms with Crippen molar-refractivity contribution in [2.45, 2.75) is 53.7 Å². The summed E-state index contributed by atoms with van der Waals surface area (Å²) in [6.07, 6.45) is -0.480. The molecule has 2 N–H and O–H groups in total. The van der Waals surface area contributed by atoms with Crippen molar-refractivity contribution in [2.75, 3.05) is 26.2 Å². The summed E-state index contributed by atoms with van der Waals surface area (Å²) in [5.74, 6) is 1.33. The Morgan fingerprint density at radius 1 is 1.10 bits per heavy atom. The monoisotopic (exact) mass is 424 g/mol. The number of aliphatic hydroxyl groups excluding tert-OH is 1. The molecule has 2 aromatic rings. The van der Waals surface area contributed by atoms with Crippen LogP contribution in [0.2, 0.25) is 0 Å². The molecule has 1 fully saturated rings. The molecule has 0 saturated carbocycles. The Bertz CT molecular complexity index is 912. The van der Waals surface area contributed by atoms with Gasteiger partial charge in [0.15, 0.2) is 0 Å². The number of hydrogen-bond donors (Lipinski definition) is 2. The van der Waals surface area contributed by atoms with Crippen LogP contribution in [-0.2, 0) is 0 Å². The van der Waals surface area contributed by atoms with Gasteiger partial charge in [-0.15, -0.1) is 0 Å². The highest BCUT2D eigenvalue weighted by Crippen LogP contribution is 2.34. The van der Waals surface area contributed by atoms with E-state index >= 15 is 0 Å². The summed E-state index contributed by atoms with van der Waals surface area (Å²) < 4.78 is 5.73. The Kier molecular flexibility index (Phi) is 7.39. The molecule has 1 amide bonds. The van der Waals surface area contributed by atoms with E-state index in [1.165, 1.54) is 11.1 Å². The largest absolute Gasteiger partial charge is 0.491 e. The Labute approximate surface area is 186 Å². The van der Waals surface area contributed by atoms with Gasteiger partial charge in [-0.2, -0.15) is 0 Å². The van der Waals surface area contributed by atoms with Gasteiger partial charge < -0.3 is 15.2 Å². The zero-order chi connectivity index (χ0) is 22.7. The molecule has 1 aliphatic heterocycles. The van der Waals surface area contributed by atoms with Crippen LogP contribution in [0, 0.1) is 33.6 Å². The van der Waals surface area contributed by atoms with E-state index < -0.39 is 6.10 Å². The molecule has 1 saturated heterocycles. The van der Waals surface area contributed by atoms with Gasteiger partial charge in [-0.3, -0.25) is 9.69 Å². The highest BCUT2D eigenvalue weighted by molar-refractivity contribution is 5.94. The number of ether oxygens (including phenoxy) is 1. The average Bonchev–Trinajstić information content (AvgIpc) is 2.66. The van der Waals surface area contributed by atoms with Gasteiger partial charge in [0.1, 0.15) is 12.4 Å². The minimum Gasteiger partial charge on any atom is -0.491 e. The molecule has 0 bridgehead atoms. The molecule has 168 valence electrons. The van der Waals surface area contributed by atoms with Gasteiger partial charge in [0.2, 0.25) is 0 Å². The van der Waals surface area contributed by atoms with Gasteiger partial charge in [-0.05, 0) is 76.4 Å². The van der Waals surface area contributed by atoms with Gasteiger partial charge in [0, 0.05) is 37.2 Å². The lowest BCUT2D eigenvalue weighted by molar-refractivity contribution is 0.0569. The van der Waals surface area contributed by atoms with Gasteiger partial charge >= 0.3 is 0 Å². The van der Waals surface area contributed by atoms with E-state index in [9.17, 15) is 9.90 Å². The van der Waals surface area contributed by atoms with E-state index in [0.717, 1.165) is 41.1 Å². The summed E-state index contributed by atoms with van der Waals surface area (Å²) in [4.78, 5) is 14.9. The summed E-state index contributed by atoms with van der Waals surface area (Å²) in [7, 11) is 0. The summed E-state index contributed by atoms with van der Waals surface area (Å²) in [5, 5.41) is 12.6. The van der Waals surface area contributed by atoms with E-state index in [2.05, 4.69) is 43.1 Å². The van der Waals surface area contributed by atoms with Crippen molar-refractivity contribution in [3.63, 3.8) is 0 Å². The van der Waals surface area contributed by atoms with Gasteiger partial charge in [-0.25, -0.2) is 0 Å². The number of rotatable bonds is 8.